The first-order chi connectivity index (χ1) is 11.6. The zero-order valence-corrected chi connectivity index (χ0v) is 14.0. The van der Waals surface area contributed by atoms with E-state index in [1.165, 1.54) is 20.3 Å². The van der Waals surface area contributed by atoms with Crippen LogP contribution in [-0.4, -0.2) is 52.4 Å². The van der Waals surface area contributed by atoms with E-state index in [4.69, 9.17) is 28.8 Å². The second-order valence-electron chi connectivity index (χ2n) is 4.47. The number of allylic oxidation sites excluding steroid dienone is 2. The smallest absolute Gasteiger partial charge is 0.328 e. The van der Waals surface area contributed by atoms with Gasteiger partial charge in [0.15, 0.2) is 18.3 Å². The first kappa shape index (κ1) is 19.5. The molecule has 0 aliphatic carbocycles. The Hall–Kier alpha value is -2.51. The van der Waals surface area contributed by atoms with Crippen LogP contribution in [0, 0.1) is 0 Å². The number of hydrogen-bond acceptors (Lipinski definition) is 6. The van der Waals surface area contributed by atoms with Gasteiger partial charge in [0.05, 0.1) is 27.4 Å². The lowest BCUT2D eigenvalue weighted by Crippen LogP contribution is -2.09. The van der Waals surface area contributed by atoms with Crippen molar-refractivity contribution in [2.24, 2.45) is 0 Å². The van der Waals surface area contributed by atoms with E-state index in [-0.39, 0.29) is 6.79 Å². The number of benzene rings is 1. The molecule has 1 N–H and O–H groups in total. The molecule has 1 aromatic carbocycles. The van der Waals surface area contributed by atoms with E-state index in [2.05, 4.69) is 0 Å². The van der Waals surface area contributed by atoms with Crippen LogP contribution in [0.4, 0.5) is 0 Å². The molecule has 0 fully saturated rings. The summed E-state index contributed by atoms with van der Waals surface area (Å²) in [6, 6.07) is 3.50. The molecule has 0 saturated carbocycles. The van der Waals surface area contributed by atoms with Crippen LogP contribution in [0.5, 0.6) is 17.2 Å². The van der Waals surface area contributed by atoms with Crippen LogP contribution in [0.2, 0.25) is 0 Å². The summed E-state index contributed by atoms with van der Waals surface area (Å²) in [4.78, 5) is 10.4. The number of carboxylic acid groups (broad SMARTS) is 1. The van der Waals surface area contributed by atoms with Crippen molar-refractivity contribution in [3.8, 4) is 17.2 Å². The Bertz CT molecular complexity index is 553. The fourth-order valence-corrected chi connectivity index (χ4v) is 1.74. The summed E-state index contributed by atoms with van der Waals surface area (Å²) in [6.45, 7) is 0.926. The zero-order chi connectivity index (χ0) is 17.8. The molecule has 7 heteroatoms. The van der Waals surface area contributed by atoms with Crippen LogP contribution in [0.15, 0.2) is 30.4 Å². The highest BCUT2D eigenvalue weighted by Gasteiger charge is 2.13. The Kier molecular flexibility index (Phi) is 9.03. The summed E-state index contributed by atoms with van der Waals surface area (Å²) >= 11 is 0. The lowest BCUT2D eigenvalue weighted by Gasteiger charge is -2.15. The van der Waals surface area contributed by atoms with Gasteiger partial charge in [-0.15, -0.1) is 0 Å². The van der Waals surface area contributed by atoms with Gasteiger partial charge in [0.1, 0.15) is 0 Å². The topological polar surface area (TPSA) is 83.5 Å². The number of methoxy groups -OCH3 is 3. The van der Waals surface area contributed by atoms with Gasteiger partial charge in [0.2, 0.25) is 5.75 Å². The lowest BCUT2D eigenvalue weighted by atomic mass is 10.1. The predicted octanol–water partition coefficient (Wildman–Crippen LogP) is 2.36. The van der Waals surface area contributed by atoms with E-state index in [1.807, 2.05) is 0 Å². The van der Waals surface area contributed by atoms with E-state index < -0.39 is 5.97 Å². The molecular formula is C17H22O7. The van der Waals surface area contributed by atoms with Gasteiger partial charge in [-0.2, -0.15) is 0 Å². The van der Waals surface area contributed by atoms with E-state index in [1.54, 1.807) is 31.4 Å². The molecule has 0 radical (unpaired) electrons. The van der Waals surface area contributed by atoms with Crippen molar-refractivity contribution in [3.05, 3.63) is 35.9 Å². The number of carbonyl (C=O) groups is 1. The Morgan fingerprint density at radius 1 is 1.08 bits per heavy atom. The maximum atomic E-state index is 10.4. The van der Waals surface area contributed by atoms with E-state index in [0.717, 1.165) is 11.6 Å². The molecule has 7 nitrogen and oxygen atoms in total. The van der Waals surface area contributed by atoms with Crippen molar-refractivity contribution in [2.45, 2.75) is 0 Å². The number of hydrogen-bond donors (Lipinski definition) is 1. The average molecular weight is 338 g/mol. The molecule has 132 valence electrons. The summed E-state index contributed by atoms with van der Waals surface area (Å²) in [5, 5.41) is 8.55. The van der Waals surface area contributed by atoms with Gasteiger partial charge in [-0.3, -0.25) is 0 Å². The van der Waals surface area contributed by atoms with Gasteiger partial charge in [0, 0.05) is 13.2 Å². The minimum absolute atomic E-state index is 0.0343. The predicted molar refractivity (Wildman–Crippen MR) is 88.7 cm³/mol. The minimum atomic E-state index is -1.01. The molecule has 0 aliphatic rings. The van der Waals surface area contributed by atoms with Gasteiger partial charge in [0.25, 0.3) is 0 Å². The second kappa shape index (κ2) is 11.1. The molecular weight excluding hydrogens is 316 g/mol. The van der Waals surface area contributed by atoms with Crippen molar-refractivity contribution in [1.29, 1.82) is 0 Å². The third-order valence-electron chi connectivity index (χ3n) is 2.84. The maximum absolute atomic E-state index is 10.4. The Balaban J connectivity index is 2.86. The molecule has 0 heterocycles. The summed E-state index contributed by atoms with van der Waals surface area (Å²) in [6.07, 6.45) is 5.80. The Labute approximate surface area is 141 Å². The molecule has 0 bridgehead atoms. The molecule has 0 saturated heterocycles. The van der Waals surface area contributed by atoms with Crippen LogP contribution >= 0.6 is 0 Å². The van der Waals surface area contributed by atoms with Crippen molar-refractivity contribution in [2.75, 3.05) is 41.3 Å². The third kappa shape index (κ3) is 6.72. The highest BCUT2D eigenvalue weighted by Crippen LogP contribution is 2.38. The lowest BCUT2D eigenvalue weighted by molar-refractivity contribution is -0.131. The van der Waals surface area contributed by atoms with Gasteiger partial charge in [-0.1, -0.05) is 18.2 Å². The largest absolute Gasteiger partial charge is 0.493 e. The van der Waals surface area contributed by atoms with Gasteiger partial charge in [-0.25, -0.2) is 4.79 Å². The normalized spacial score (nSPS) is 11.1. The third-order valence-corrected chi connectivity index (χ3v) is 2.84. The van der Waals surface area contributed by atoms with E-state index in [9.17, 15) is 4.79 Å². The van der Waals surface area contributed by atoms with Crippen LogP contribution < -0.4 is 14.2 Å². The zero-order valence-electron chi connectivity index (χ0n) is 14.0. The molecule has 24 heavy (non-hydrogen) atoms. The number of rotatable bonds is 11. The Morgan fingerprint density at radius 3 is 2.29 bits per heavy atom. The van der Waals surface area contributed by atoms with E-state index >= 15 is 0 Å². The molecule has 0 aromatic heterocycles. The van der Waals surface area contributed by atoms with Crippen LogP contribution in [0.25, 0.3) is 6.08 Å². The Morgan fingerprint density at radius 2 is 1.75 bits per heavy atom. The minimum Gasteiger partial charge on any atom is -0.493 e. The fraction of sp³-hybridized carbons (Fsp3) is 0.353. The summed E-state index contributed by atoms with van der Waals surface area (Å²) in [5.74, 6) is 0.376. The quantitative estimate of drug-likeness (QED) is 0.287. The van der Waals surface area contributed by atoms with Gasteiger partial charge >= 0.3 is 5.97 Å². The average Bonchev–Trinajstić information content (AvgIpc) is 2.58. The van der Waals surface area contributed by atoms with Crippen LogP contribution in [0.3, 0.4) is 0 Å². The first-order valence-corrected chi connectivity index (χ1v) is 7.15. The van der Waals surface area contributed by atoms with Crippen LogP contribution in [0.1, 0.15) is 5.56 Å². The molecule has 0 unspecified atom stereocenters. The molecule has 1 aromatic rings. The molecule has 0 spiro atoms. The molecule has 1 rings (SSSR count). The summed E-state index contributed by atoms with van der Waals surface area (Å²) in [5.41, 5.74) is 0.770. The fourth-order valence-electron chi connectivity index (χ4n) is 1.74. The van der Waals surface area contributed by atoms with Crippen molar-refractivity contribution >= 4 is 12.0 Å². The second-order valence-corrected chi connectivity index (χ2v) is 4.47. The van der Waals surface area contributed by atoms with Gasteiger partial charge < -0.3 is 28.8 Å². The monoisotopic (exact) mass is 338 g/mol. The van der Waals surface area contributed by atoms with Crippen molar-refractivity contribution < 1.29 is 33.6 Å². The standard InChI is InChI=1S/C17H22O7/c1-20-8-9-23-12-24-17-14(21-2)10-13(11-15(17)22-3)6-4-5-7-16(18)19/h4-7,10-11H,8-9,12H2,1-3H3,(H,18,19). The molecule has 0 atom stereocenters. The number of ether oxygens (including phenoxy) is 5. The summed E-state index contributed by atoms with van der Waals surface area (Å²) < 4.78 is 26.4. The van der Waals surface area contributed by atoms with E-state index in [0.29, 0.717) is 30.5 Å². The summed E-state index contributed by atoms with van der Waals surface area (Å²) in [7, 11) is 4.63. The number of aliphatic carboxylic acids is 1. The highest BCUT2D eigenvalue weighted by molar-refractivity contribution is 5.80. The molecule has 0 amide bonds. The highest BCUT2D eigenvalue weighted by atomic mass is 16.7. The van der Waals surface area contributed by atoms with Gasteiger partial charge in [-0.05, 0) is 17.7 Å². The van der Waals surface area contributed by atoms with Crippen LogP contribution in [-0.2, 0) is 14.3 Å². The van der Waals surface area contributed by atoms with Crippen molar-refractivity contribution in [3.63, 3.8) is 0 Å². The first-order valence-electron chi connectivity index (χ1n) is 7.15. The SMILES string of the molecule is COCCOCOc1c(OC)cc(C=CC=CC(=O)O)cc1OC. The number of carboxylic acids is 1. The maximum Gasteiger partial charge on any atom is 0.328 e. The molecule has 0 aliphatic heterocycles. The van der Waals surface area contributed by atoms with Crippen molar-refractivity contribution in [1.82, 2.24) is 0 Å².